The Hall–Kier alpha value is -2.15. The minimum absolute atomic E-state index is 0.00930. The van der Waals surface area contributed by atoms with E-state index in [9.17, 15) is 14.4 Å². The van der Waals surface area contributed by atoms with Crippen molar-refractivity contribution in [2.75, 3.05) is 13.7 Å². The standard InChI is InChI=1S/C15H19ClN2O5/c1-4-9(2)12(15(21)22-3)18-11(19)8-23-14(20)10-6-5-7-17-13(10)16/h5-7,9,12H,4,8H2,1-3H3,(H,18,19)/t9-,12-/m0/s1. The van der Waals surface area contributed by atoms with Gasteiger partial charge in [-0.05, 0) is 18.1 Å². The van der Waals surface area contributed by atoms with Gasteiger partial charge in [0.1, 0.15) is 11.2 Å². The zero-order chi connectivity index (χ0) is 17.4. The van der Waals surface area contributed by atoms with Crippen LogP contribution in [0.2, 0.25) is 5.15 Å². The molecule has 0 radical (unpaired) electrons. The molecule has 0 unspecified atom stereocenters. The van der Waals surface area contributed by atoms with Crippen LogP contribution < -0.4 is 5.32 Å². The Balaban J connectivity index is 2.60. The predicted molar refractivity (Wildman–Crippen MR) is 82.9 cm³/mol. The summed E-state index contributed by atoms with van der Waals surface area (Å²) in [6.07, 6.45) is 2.10. The van der Waals surface area contributed by atoms with Crippen LogP contribution in [0, 0.1) is 5.92 Å². The molecule has 1 N–H and O–H groups in total. The number of aromatic nitrogens is 1. The first-order chi connectivity index (χ1) is 10.9. The minimum atomic E-state index is -0.793. The molecule has 0 bridgehead atoms. The summed E-state index contributed by atoms with van der Waals surface area (Å²) in [5.74, 6) is -2.03. The van der Waals surface area contributed by atoms with Crippen LogP contribution >= 0.6 is 11.6 Å². The summed E-state index contributed by atoms with van der Waals surface area (Å²) >= 11 is 5.77. The Bertz CT molecular complexity index is 579. The largest absolute Gasteiger partial charge is 0.467 e. The van der Waals surface area contributed by atoms with Crippen molar-refractivity contribution in [3.8, 4) is 0 Å². The molecular formula is C15H19ClN2O5. The number of pyridine rings is 1. The summed E-state index contributed by atoms with van der Waals surface area (Å²) in [4.78, 5) is 39.1. The molecule has 0 saturated heterocycles. The van der Waals surface area contributed by atoms with Crippen LogP contribution in [0.5, 0.6) is 0 Å². The summed E-state index contributed by atoms with van der Waals surface area (Å²) in [5, 5.41) is 2.49. The van der Waals surface area contributed by atoms with Crippen molar-refractivity contribution in [3.05, 3.63) is 29.0 Å². The van der Waals surface area contributed by atoms with Crippen molar-refractivity contribution < 1.29 is 23.9 Å². The summed E-state index contributed by atoms with van der Waals surface area (Å²) in [5.41, 5.74) is 0.0633. The first kappa shape index (κ1) is 18.9. The number of halogens is 1. The van der Waals surface area contributed by atoms with Crippen LogP contribution in [0.4, 0.5) is 0 Å². The second-order valence-electron chi connectivity index (χ2n) is 4.87. The number of hydrogen-bond acceptors (Lipinski definition) is 6. The fourth-order valence-corrected chi connectivity index (χ4v) is 1.95. The van der Waals surface area contributed by atoms with Crippen LogP contribution in [-0.4, -0.2) is 42.6 Å². The molecule has 1 heterocycles. The molecule has 0 aromatic carbocycles. The summed E-state index contributed by atoms with van der Waals surface area (Å²) in [6, 6.07) is 2.17. The summed E-state index contributed by atoms with van der Waals surface area (Å²) in [6.45, 7) is 3.16. The van der Waals surface area contributed by atoms with Gasteiger partial charge < -0.3 is 14.8 Å². The molecule has 1 aromatic rings. The molecule has 1 aromatic heterocycles. The van der Waals surface area contributed by atoms with E-state index in [2.05, 4.69) is 15.0 Å². The van der Waals surface area contributed by atoms with E-state index in [-0.39, 0.29) is 16.6 Å². The fraction of sp³-hybridized carbons (Fsp3) is 0.467. The fourth-order valence-electron chi connectivity index (χ4n) is 1.76. The van der Waals surface area contributed by atoms with Crippen LogP contribution in [0.15, 0.2) is 18.3 Å². The maximum atomic E-state index is 11.9. The van der Waals surface area contributed by atoms with Gasteiger partial charge in [-0.15, -0.1) is 0 Å². The maximum absolute atomic E-state index is 11.9. The van der Waals surface area contributed by atoms with E-state index in [0.29, 0.717) is 6.42 Å². The number of esters is 2. The van der Waals surface area contributed by atoms with E-state index >= 15 is 0 Å². The molecule has 8 heteroatoms. The second kappa shape index (κ2) is 9.09. The molecule has 0 aliphatic rings. The van der Waals surface area contributed by atoms with E-state index in [1.54, 1.807) is 0 Å². The summed E-state index contributed by atoms with van der Waals surface area (Å²) in [7, 11) is 1.24. The molecule has 0 spiro atoms. The lowest BCUT2D eigenvalue weighted by molar-refractivity contribution is -0.147. The number of nitrogens with zero attached hydrogens (tertiary/aromatic N) is 1. The molecule has 0 saturated carbocycles. The average molecular weight is 343 g/mol. The van der Waals surface area contributed by atoms with Gasteiger partial charge in [0.2, 0.25) is 0 Å². The van der Waals surface area contributed by atoms with E-state index in [0.717, 1.165) is 0 Å². The highest BCUT2D eigenvalue weighted by Crippen LogP contribution is 2.13. The number of nitrogens with one attached hydrogen (secondary N) is 1. The highest BCUT2D eigenvalue weighted by molar-refractivity contribution is 6.32. The Morgan fingerprint density at radius 3 is 2.65 bits per heavy atom. The lowest BCUT2D eigenvalue weighted by atomic mass is 9.99. The number of carbonyl (C=O) groups excluding carboxylic acids is 3. The zero-order valence-corrected chi connectivity index (χ0v) is 13.9. The smallest absolute Gasteiger partial charge is 0.341 e. The van der Waals surface area contributed by atoms with E-state index < -0.39 is 30.5 Å². The van der Waals surface area contributed by atoms with Crippen molar-refractivity contribution in [2.45, 2.75) is 26.3 Å². The number of carbonyl (C=O) groups is 3. The summed E-state index contributed by atoms with van der Waals surface area (Å²) < 4.78 is 9.53. The van der Waals surface area contributed by atoms with Crippen LogP contribution in [0.3, 0.4) is 0 Å². The van der Waals surface area contributed by atoms with Gasteiger partial charge in [-0.25, -0.2) is 14.6 Å². The Morgan fingerprint density at radius 2 is 2.09 bits per heavy atom. The van der Waals surface area contributed by atoms with Gasteiger partial charge in [-0.1, -0.05) is 31.9 Å². The molecule has 1 rings (SSSR count). The maximum Gasteiger partial charge on any atom is 0.341 e. The van der Waals surface area contributed by atoms with Crippen LogP contribution in [0.25, 0.3) is 0 Å². The molecule has 23 heavy (non-hydrogen) atoms. The number of hydrogen-bond donors (Lipinski definition) is 1. The molecule has 2 atom stereocenters. The zero-order valence-electron chi connectivity index (χ0n) is 13.2. The molecule has 126 valence electrons. The van der Waals surface area contributed by atoms with Gasteiger partial charge >= 0.3 is 11.9 Å². The third kappa shape index (κ3) is 5.52. The van der Waals surface area contributed by atoms with Gasteiger partial charge in [0.15, 0.2) is 6.61 Å². The van der Waals surface area contributed by atoms with Gasteiger partial charge in [-0.3, -0.25) is 4.79 Å². The average Bonchev–Trinajstić information content (AvgIpc) is 2.56. The van der Waals surface area contributed by atoms with Gasteiger partial charge in [-0.2, -0.15) is 0 Å². The van der Waals surface area contributed by atoms with Crippen molar-refractivity contribution >= 4 is 29.4 Å². The SMILES string of the molecule is CC[C@H](C)[C@H](NC(=O)COC(=O)c1cccnc1Cl)C(=O)OC. The monoisotopic (exact) mass is 342 g/mol. The second-order valence-corrected chi connectivity index (χ2v) is 5.23. The van der Waals surface area contributed by atoms with Gasteiger partial charge in [0.05, 0.1) is 12.7 Å². The van der Waals surface area contributed by atoms with Crippen LogP contribution in [0.1, 0.15) is 30.6 Å². The Labute approximate surface area is 139 Å². The highest BCUT2D eigenvalue weighted by atomic mass is 35.5. The topological polar surface area (TPSA) is 94.6 Å². The first-order valence-corrected chi connectivity index (χ1v) is 7.43. The molecular weight excluding hydrogens is 324 g/mol. The molecule has 7 nitrogen and oxygen atoms in total. The van der Waals surface area contributed by atoms with Crippen LogP contribution in [-0.2, 0) is 19.1 Å². The normalized spacial score (nSPS) is 12.9. The van der Waals surface area contributed by atoms with Crippen molar-refractivity contribution in [1.29, 1.82) is 0 Å². The van der Waals surface area contributed by atoms with E-state index in [4.69, 9.17) is 16.3 Å². The molecule has 1 amide bonds. The third-order valence-electron chi connectivity index (χ3n) is 3.30. The van der Waals surface area contributed by atoms with E-state index in [1.807, 2.05) is 13.8 Å². The van der Waals surface area contributed by atoms with Crippen molar-refractivity contribution in [1.82, 2.24) is 10.3 Å². The van der Waals surface area contributed by atoms with Gasteiger partial charge in [0, 0.05) is 6.20 Å². The quantitative estimate of drug-likeness (QED) is 0.597. The minimum Gasteiger partial charge on any atom is -0.467 e. The third-order valence-corrected chi connectivity index (χ3v) is 3.60. The number of rotatable bonds is 7. The molecule has 0 aliphatic heterocycles. The number of methoxy groups -OCH3 is 1. The number of ether oxygens (including phenoxy) is 2. The number of amides is 1. The lowest BCUT2D eigenvalue weighted by Crippen LogP contribution is -2.47. The van der Waals surface area contributed by atoms with Gasteiger partial charge in [0.25, 0.3) is 5.91 Å². The van der Waals surface area contributed by atoms with E-state index in [1.165, 1.54) is 25.4 Å². The first-order valence-electron chi connectivity index (χ1n) is 7.05. The highest BCUT2D eigenvalue weighted by Gasteiger charge is 2.27. The Morgan fingerprint density at radius 1 is 1.39 bits per heavy atom. The predicted octanol–water partition coefficient (Wildman–Crippen LogP) is 1.60. The van der Waals surface area contributed by atoms with Crippen molar-refractivity contribution in [2.24, 2.45) is 5.92 Å². The molecule has 0 aliphatic carbocycles. The molecule has 0 fully saturated rings. The van der Waals surface area contributed by atoms with Crippen molar-refractivity contribution in [3.63, 3.8) is 0 Å². The lowest BCUT2D eigenvalue weighted by Gasteiger charge is -2.21. The Kier molecular flexibility index (Phi) is 7.47.